The molecular formula is C17H20N2O2S. The first-order valence-electron chi connectivity index (χ1n) is 7.46. The number of nitrogens with zero attached hydrogens (tertiary/aromatic N) is 1. The summed E-state index contributed by atoms with van der Waals surface area (Å²) in [6.07, 6.45) is 2.08. The molecule has 4 nitrogen and oxygen atoms in total. The molecule has 2 heterocycles. The normalized spacial score (nSPS) is 17.7. The summed E-state index contributed by atoms with van der Waals surface area (Å²) in [5.74, 6) is 0. The van der Waals surface area contributed by atoms with Gasteiger partial charge in [-0.15, -0.1) is 0 Å². The highest BCUT2D eigenvalue weighted by molar-refractivity contribution is 7.07. The molecule has 1 aliphatic rings. The van der Waals surface area contributed by atoms with Gasteiger partial charge in [0.05, 0.1) is 12.6 Å². The van der Waals surface area contributed by atoms with Crippen LogP contribution in [0.4, 0.5) is 10.5 Å². The number of carbonyl (C=O) groups excluding carboxylic acids is 1. The van der Waals surface area contributed by atoms with Crippen molar-refractivity contribution in [2.24, 2.45) is 0 Å². The van der Waals surface area contributed by atoms with Gasteiger partial charge in [0.2, 0.25) is 0 Å². The van der Waals surface area contributed by atoms with E-state index in [0.717, 1.165) is 30.6 Å². The molecule has 116 valence electrons. The number of benzene rings is 1. The summed E-state index contributed by atoms with van der Waals surface area (Å²) >= 11 is 1.68. The molecule has 1 unspecified atom stereocenters. The summed E-state index contributed by atoms with van der Waals surface area (Å²) < 4.78 is 5.19. The van der Waals surface area contributed by atoms with Crippen molar-refractivity contribution in [3.05, 3.63) is 52.2 Å². The first kappa shape index (κ1) is 15.1. The van der Waals surface area contributed by atoms with Gasteiger partial charge in [-0.2, -0.15) is 11.3 Å². The number of amides is 2. The van der Waals surface area contributed by atoms with E-state index in [0.29, 0.717) is 6.61 Å². The van der Waals surface area contributed by atoms with Crippen LogP contribution >= 0.6 is 11.3 Å². The molecule has 1 saturated heterocycles. The first-order chi connectivity index (χ1) is 10.8. The predicted octanol–water partition coefficient (Wildman–Crippen LogP) is 4.26. The second-order valence-electron chi connectivity index (χ2n) is 5.43. The SMILES string of the molecule is COCc1ccccc1NC(=O)N1CCCC1c1ccsc1. The quantitative estimate of drug-likeness (QED) is 0.915. The minimum atomic E-state index is -0.0303. The first-order valence-corrected chi connectivity index (χ1v) is 8.40. The number of likely N-dealkylation sites (tertiary alicyclic amines) is 1. The second kappa shape index (κ2) is 6.94. The summed E-state index contributed by atoms with van der Waals surface area (Å²) in [5, 5.41) is 7.24. The van der Waals surface area contributed by atoms with E-state index in [4.69, 9.17) is 4.74 Å². The van der Waals surface area contributed by atoms with Gasteiger partial charge in [-0.1, -0.05) is 18.2 Å². The lowest BCUT2D eigenvalue weighted by Gasteiger charge is -2.25. The number of nitrogens with one attached hydrogen (secondary N) is 1. The van der Waals surface area contributed by atoms with Crippen LogP contribution in [0.2, 0.25) is 0 Å². The molecule has 0 aliphatic carbocycles. The van der Waals surface area contributed by atoms with Gasteiger partial charge < -0.3 is 15.0 Å². The number of urea groups is 1. The highest BCUT2D eigenvalue weighted by Crippen LogP contribution is 2.33. The van der Waals surface area contributed by atoms with Crippen molar-refractivity contribution in [3.8, 4) is 0 Å². The number of carbonyl (C=O) groups is 1. The van der Waals surface area contributed by atoms with E-state index in [1.165, 1.54) is 5.56 Å². The monoisotopic (exact) mass is 316 g/mol. The molecule has 0 radical (unpaired) electrons. The average Bonchev–Trinajstić information content (AvgIpc) is 3.20. The van der Waals surface area contributed by atoms with Crippen molar-refractivity contribution < 1.29 is 9.53 Å². The van der Waals surface area contributed by atoms with E-state index in [1.54, 1.807) is 18.4 Å². The third kappa shape index (κ3) is 3.15. The molecule has 1 aromatic heterocycles. The van der Waals surface area contributed by atoms with Crippen molar-refractivity contribution in [1.82, 2.24) is 4.90 Å². The molecule has 2 aromatic rings. The maximum absolute atomic E-state index is 12.7. The molecule has 2 amide bonds. The number of hydrogen-bond donors (Lipinski definition) is 1. The molecule has 0 saturated carbocycles. The maximum atomic E-state index is 12.7. The van der Waals surface area contributed by atoms with E-state index >= 15 is 0 Å². The highest BCUT2D eigenvalue weighted by Gasteiger charge is 2.30. The lowest BCUT2D eigenvalue weighted by Crippen LogP contribution is -2.34. The molecule has 22 heavy (non-hydrogen) atoms. The van der Waals surface area contributed by atoms with Crippen LogP contribution in [0.3, 0.4) is 0 Å². The standard InChI is InChI=1S/C17H20N2O2S/c1-21-11-13-5-2-3-6-15(13)18-17(20)19-9-4-7-16(19)14-8-10-22-12-14/h2-3,5-6,8,10,12,16H,4,7,9,11H2,1H3,(H,18,20). The number of anilines is 1. The zero-order valence-electron chi connectivity index (χ0n) is 12.6. The Kier molecular flexibility index (Phi) is 4.75. The van der Waals surface area contributed by atoms with Gasteiger partial charge in [-0.25, -0.2) is 4.79 Å². The predicted molar refractivity (Wildman–Crippen MR) is 89.2 cm³/mol. The second-order valence-corrected chi connectivity index (χ2v) is 6.21. The highest BCUT2D eigenvalue weighted by atomic mass is 32.1. The van der Waals surface area contributed by atoms with E-state index in [9.17, 15) is 4.79 Å². The molecule has 1 aromatic carbocycles. The van der Waals surface area contributed by atoms with Crippen LogP contribution in [0.15, 0.2) is 41.1 Å². The minimum Gasteiger partial charge on any atom is -0.380 e. The van der Waals surface area contributed by atoms with Crippen molar-refractivity contribution in [1.29, 1.82) is 0 Å². The maximum Gasteiger partial charge on any atom is 0.322 e. The van der Waals surface area contributed by atoms with Gasteiger partial charge in [-0.3, -0.25) is 0 Å². The molecule has 1 aliphatic heterocycles. The summed E-state index contributed by atoms with van der Waals surface area (Å²) in [7, 11) is 1.66. The van der Waals surface area contributed by atoms with Crippen LogP contribution in [-0.2, 0) is 11.3 Å². The van der Waals surface area contributed by atoms with E-state index < -0.39 is 0 Å². The van der Waals surface area contributed by atoms with Gasteiger partial charge in [0, 0.05) is 24.9 Å². The molecule has 3 rings (SSSR count). The van der Waals surface area contributed by atoms with Crippen LogP contribution in [0.1, 0.15) is 30.0 Å². The smallest absolute Gasteiger partial charge is 0.322 e. The zero-order valence-corrected chi connectivity index (χ0v) is 13.4. The van der Waals surface area contributed by atoms with Crippen molar-refractivity contribution in [2.75, 3.05) is 19.0 Å². The number of thiophene rings is 1. The third-order valence-electron chi connectivity index (χ3n) is 4.00. The van der Waals surface area contributed by atoms with E-state index in [-0.39, 0.29) is 12.1 Å². The molecular weight excluding hydrogens is 296 g/mol. The van der Waals surface area contributed by atoms with Crippen LogP contribution < -0.4 is 5.32 Å². The van der Waals surface area contributed by atoms with Gasteiger partial charge in [0.25, 0.3) is 0 Å². The van der Waals surface area contributed by atoms with Gasteiger partial charge in [0.15, 0.2) is 0 Å². The molecule has 1 N–H and O–H groups in total. The number of hydrogen-bond acceptors (Lipinski definition) is 3. The Bertz CT molecular complexity index is 627. The zero-order chi connectivity index (χ0) is 15.4. The summed E-state index contributed by atoms with van der Waals surface area (Å²) in [4.78, 5) is 14.6. The van der Waals surface area contributed by atoms with Gasteiger partial charge in [0.1, 0.15) is 0 Å². The Balaban J connectivity index is 1.74. The molecule has 5 heteroatoms. The Morgan fingerprint density at radius 3 is 3.05 bits per heavy atom. The lowest BCUT2D eigenvalue weighted by atomic mass is 10.1. The lowest BCUT2D eigenvalue weighted by molar-refractivity contribution is 0.185. The summed E-state index contributed by atoms with van der Waals surface area (Å²) in [5.41, 5.74) is 3.05. The van der Waals surface area contributed by atoms with Crippen LogP contribution in [-0.4, -0.2) is 24.6 Å². The Labute approximate surface area is 134 Å². The van der Waals surface area contributed by atoms with Crippen molar-refractivity contribution in [2.45, 2.75) is 25.5 Å². The van der Waals surface area contributed by atoms with Gasteiger partial charge >= 0.3 is 6.03 Å². The molecule has 1 fully saturated rings. The van der Waals surface area contributed by atoms with E-state index in [1.807, 2.05) is 29.2 Å². The van der Waals surface area contributed by atoms with Crippen molar-refractivity contribution >= 4 is 23.1 Å². The molecule has 0 spiro atoms. The fourth-order valence-electron chi connectivity index (χ4n) is 2.93. The Morgan fingerprint density at radius 1 is 1.41 bits per heavy atom. The number of methoxy groups -OCH3 is 1. The number of para-hydroxylation sites is 1. The Hall–Kier alpha value is -1.85. The van der Waals surface area contributed by atoms with Gasteiger partial charge in [-0.05, 0) is 41.3 Å². The molecule has 0 bridgehead atoms. The topological polar surface area (TPSA) is 41.6 Å². The average molecular weight is 316 g/mol. The molecule has 1 atom stereocenters. The number of ether oxygens (including phenoxy) is 1. The summed E-state index contributed by atoms with van der Waals surface area (Å²) in [6.45, 7) is 1.29. The van der Waals surface area contributed by atoms with Crippen LogP contribution in [0.5, 0.6) is 0 Å². The van der Waals surface area contributed by atoms with E-state index in [2.05, 4.69) is 22.1 Å². The van der Waals surface area contributed by atoms with Crippen LogP contribution in [0.25, 0.3) is 0 Å². The number of rotatable bonds is 4. The van der Waals surface area contributed by atoms with Crippen molar-refractivity contribution in [3.63, 3.8) is 0 Å². The summed E-state index contributed by atoms with van der Waals surface area (Å²) in [6, 6.07) is 10.0. The van der Waals surface area contributed by atoms with Crippen LogP contribution in [0, 0.1) is 0 Å². The fraction of sp³-hybridized carbons (Fsp3) is 0.353. The third-order valence-corrected chi connectivity index (χ3v) is 4.70. The largest absolute Gasteiger partial charge is 0.380 e. The Morgan fingerprint density at radius 2 is 2.27 bits per heavy atom. The minimum absolute atomic E-state index is 0.0303. The fourth-order valence-corrected chi connectivity index (χ4v) is 3.64.